The second-order valence-corrected chi connectivity index (χ2v) is 7.17. The van der Waals surface area contributed by atoms with E-state index in [-0.39, 0.29) is 0 Å². The van der Waals surface area contributed by atoms with Crippen molar-refractivity contribution in [1.29, 1.82) is 5.26 Å². The third-order valence-electron chi connectivity index (χ3n) is 4.29. The quantitative estimate of drug-likeness (QED) is 0.394. The van der Waals surface area contributed by atoms with Gasteiger partial charge in [-0.15, -0.1) is 0 Å². The molecule has 0 unspecified atom stereocenters. The van der Waals surface area contributed by atoms with E-state index < -0.39 is 11.6 Å². The van der Waals surface area contributed by atoms with Gasteiger partial charge in [0.25, 0.3) is 0 Å². The van der Waals surface area contributed by atoms with Crippen LogP contribution in [-0.4, -0.2) is 0 Å². The van der Waals surface area contributed by atoms with E-state index in [4.69, 9.17) is 0 Å². The van der Waals surface area contributed by atoms with Crippen LogP contribution in [-0.2, 0) is 0 Å². The maximum atomic E-state index is 14.0. The van der Waals surface area contributed by atoms with E-state index in [1.54, 1.807) is 6.07 Å². The van der Waals surface area contributed by atoms with Crippen molar-refractivity contribution >= 4 is 22.5 Å². The van der Waals surface area contributed by atoms with Crippen molar-refractivity contribution in [2.75, 3.05) is 0 Å². The van der Waals surface area contributed by atoms with Gasteiger partial charge in [-0.05, 0) is 58.8 Å². The molecule has 0 aliphatic rings. The third-order valence-corrected chi connectivity index (χ3v) is 5.35. The highest BCUT2D eigenvalue weighted by atomic mass is 32.2. The van der Waals surface area contributed by atoms with Crippen molar-refractivity contribution in [2.45, 2.75) is 9.79 Å². The van der Waals surface area contributed by atoms with Crippen molar-refractivity contribution in [2.24, 2.45) is 0 Å². The molecule has 130 valence electrons. The normalized spacial score (nSPS) is 10.7. The van der Waals surface area contributed by atoms with E-state index in [1.165, 1.54) is 23.9 Å². The van der Waals surface area contributed by atoms with Crippen molar-refractivity contribution in [3.8, 4) is 17.2 Å². The molecule has 0 bridgehead atoms. The Hall–Kier alpha value is -3.16. The Kier molecular flexibility index (Phi) is 4.62. The van der Waals surface area contributed by atoms with Gasteiger partial charge >= 0.3 is 0 Å². The fourth-order valence-electron chi connectivity index (χ4n) is 2.95. The summed E-state index contributed by atoms with van der Waals surface area (Å²) in [5.74, 6) is -1.16. The topological polar surface area (TPSA) is 23.8 Å². The van der Waals surface area contributed by atoms with Gasteiger partial charge in [0, 0.05) is 21.4 Å². The maximum absolute atomic E-state index is 14.0. The Balaban J connectivity index is 1.69. The number of hydrogen-bond donors (Lipinski definition) is 0. The number of hydrogen-bond acceptors (Lipinski definition) is 2. The Bertz CT molecular complexity index is 1190. The Morgan fingerprint density at radius 1 is 0.778 bits per heavy atom. The van der Waals surface area contributed by atoms with Crippen molar-refractivity contribution < 1.29 is 8.78 Å². The van der Waals surface area contributed by atoms with Crippen molar-refractivity contribution in [3.63, 3.8) is 0 Å². The van der Waals surface area contributed by atoms with Crippen LogP contribution in [0.15, 0.2) is 88.7 Å². The van der Waals surface area contributed by atoms with Gasteiger partial charge in [-0.3, -0.25) is 0 Å². The average molecular weight is 373 g/mol. The largest absolute Gasteiger partial charge is 0.207 e. The molecule has 0 aromatic heterocycles. The zero-order valence-corrected chi connectivity index (χ0v) is 14.9. The molecule has 0 spiro atoms. The molecule has 0 N–H and O–H groups in total. The number of nitrogens with zero attached hydrogens (tertiary/aromatic N) is 1. The molecule has 0 radical (unpaired) electrons. The number of rotatable bonds is 3. The van der Waals surface area contributed by atoms with Gasteiger partial charge in [0.05, 0.1) is 5.56 Å². The third kappa shape index (κ3) is 3.55. The molecule has 0 aliphatic heterocycles. The maximum Gasteiger partial charge on any atom is 0.133 e. The molecular formula is C23H13F2NS. The highest BCUT2D eigenvalue weighted by molar-refractivity contribution is 7.99. The molecule has 0 saturated heterocycles. The van der Waals surface area contributed by atoms with Gasteiger partial charge in [-0.2, -0.15) is 5.26 Å². The van der Waals surface area contributed by atoms with E-state index in [0.29, 0.717) is 16.7 Å². The minimum atomic E-state index is -0.587. The molecule has 1 nitrogen and oxygen atoms in total. The van der Waals surface area contributed by atoms with E-state index in [9.17, 15) is 14.0 Å². The lowest BCUT2D eigenvalue weighted by atomic mass is 10.0. The van der Waals surface area contributed by atoms with Gasteiger partial charge in [0.15, 0.2) is 0 Å². The summed E-state index contributed by atoms with van der Waals surface area (Å²) in [5, 5.41) is 11.2. The molecule has 0 atom stereocenters. The summed E-state index contributed by atoms with van der Waals surface area (Å²) in [7, 11) is 0. The lowest BCUT2D eigenvalue weighted by molar-refractivity contribution is 0.585. The van der Waals surface area contributed by atoms with Gasteiger partial charge < -0.3 is 0 Å². The minimum absolute atomic E-state index is 0.375. The van der Waals surface area contributed by atoms with E-state index in [2.05, 4.69) is 6.07 Å². The smallest absolute Gasteiger partial charge is 0.133 e. The van der Waals surface area contributed by atoms with Crippen LogP contribution in [0.2, 0.25) is 0 Å². The van der Waals surface area contributed by atoms with Crippen LogP contribution >= 0.6 is 11.8 Å². The minimum Gasteiger partial charge on any atom is -0.207 e. The standard InChI is InChI=1S/C23H13F2NS/c24-19-8-10-21(22(25)13-19)17-6-5-16-12-20(9-7-15(16)11-17)27-23-4-2-1-3-18(23)14-26/h1-13H. The summed E-state index contributed by atoms with van der Waals surface area (Å²) in [6, 6.07) is 24.9. The van der Waals surface area contributed by atoms with Crippen LogP contribution in [0.5, 0.6) is 0 Å². The Morgan fingerprint density at radius 2 is 1.56 bits per heavy atom. The second kappa shape index (κ2) is 7.22. The summed E-state index contributed by atoms with van der Waals surface area (Å²) in [6.07, 6.45) is 0. The second-order valence-electron chi connectivity index (χ2n) is 6.06. The number of fused-ring (bicyclic) bond motifs is 1. The monoisotopic (exact) mass is 373 g/mol. The van der Waals surface area contributed by atoms with Gasteiger partial charge in [0.1, 0.15) is 17.7 Å². The zero-order valence-electron chi connectivity index (χ0n) is 14.1. The number of nitriles is 1. The van der Waals surface area contributed by atoms with Crippen LogP contribution in [0.3, 0.4) is 0 Å². The highest BCUT2D eigenvalue weighted by Gasteiger charge is 2.08. The molecule has 0 saturated carbocycles. The number of benzene rings is 4. The van der Waals surface area contributed by atoms with Crippen LogP contribution in [0.4, 0.5) is 8.78 Å². The summed E-state index contributed by atoms with van der Waals surface area (Å²) in [5.41, 5.74) is 1.72. The average Bonchev–Trinajstić information content (AvgIpc) is 2.68. The molecule has 4 aromatic carbocycles. The first-order valence-corrected chi connectivity index (χ1v) is 9.12. The predicted molar refractivity (Wildman–Crippen MR) is 105 cm³/mol. The zero-order chi connectivity index (χ0) is 18.8. The van der Waals surface area contributed by atoms with Gasteiger partial charge in [-0.1, -0.05) is 42.1 Å². The SMILES string of the molecule is N#Cc1ccccc1Sc1ccc2cc(-c3ccc(F)cc3F)ccc2c1. The first-order valence-electron chi connectivity index (χ1n) is 8.30. The molecule has 0 fully saturated rings. The number of halogens is 2. The molecule has 0 aliphatic carbocycles. The summed E-state index contributed by atoms with van der Waals surface area (Å²) >= 11 is 1.53. The molecule has 4 aromatic rings. The molecular weight excluding hydrogens is 360 g/mol. The first kappa shape index (κ1) is 17.3. The Morgan fingerprint density at radius 3 is 2.37 bits per heavy atom. The lowest BCUT2D eigenvalue weighted by Crippen LogP contribution is -1.87. The fourth-order valence-corrected chi connectivity index (χ4v) is 3.90. The molecule has 0 heterocycles. The lowest BCUT2D eigenvalue weighted by Gasteiger charge is -2.08. The predicted octanol–water partition coefficient (Wildman–Crippen LogP) is 6.81. The van der Waals surface area contributed by atoms with Crippen LogP contribution < -0.4 is 0 Å². The van der Waals surface area contributed by atoms with E-state index in [0.717, 1.165) is 26.6 Å². The molecule has 27 heavy (non-hydrogen) atoms. The molecule has 4 rings (SSSR count). The summed E-state index contributed by atoms with van der Waals surface area (Å²) < 4.78 is 27.2. The van der Waals surface area contributed by atoms with Crippen LogP contribution in [0.1, 0.15) is 5.56 Å². The van der Waals surface area contributed by atoms with Gasteiger partial charge in [-0.25, -0.2) is 8.78 Å². The molecule has 4 heteroatoms. The van der Waals surface area contributed by atoms with Crippen molar-refractivity contribution in [1.82, 2.24) is 0 Å². The van der Waals surface area contributed by atoms with Crippen LogP contribution in [0, 0.1) is 23.0 Å². The van der Waals surface area contributed by atoms with E-state index in [1.807, 2.05) is 54.6 Å². The van der Waals surface area contributed by atoms with Gasteiger partial charge in [0.2, 0.25) is 0 Å². The van der Waals surface area contributed by atoms with E-state index >= 15 is 0 Å². The first-order chi connectivity index (χ1) is 13.1. The Labute approximate surface area is 159 Å². The summed E-state index contributed by atoms with van der Waals surface area (Å²) in [6.45, 7) is 0. The molecule has 0 amide bonds. The van der Waals surface area contributed by atoms with Crippen LogP contribution in [0.25, 0.3) is 21.9 Å². The fraction of sp³-hybridized carbons (Fsp3) is 0. The van der Waals surface area contributed by atoms with Crippen molar-refractivity contribution in [3.05, 3.63) is 96.1 Å². The highest BCUT2D eigenvalue weighted by Crippen LogP contribution is 2.33. The summed E-state index contributed by atoms with van der Waals surface area (Å²) in [4.78, 5) is 1.93.